The van der Waals surface area contributed by atoms with Gasteiger partial charge in [0.25, 0.3) is 0 Å². The van der Waals surface area contributed by atoms with E-state index in [-0.39, 0.29) is 0 Å². The average Bonchev–Trinajstić information content (AvgIpc) is 2.28. The van der Waals surface area contributed by atoms with Crippen molar-refractivity contribution in [1.82, 2.24) is 0 Å². The first-order chi connectivity index (χ1) is 7.84. The summed E-state index contributed by atoms with van der Waals surface area (Å²) in [7, 11) is 0. The second kappa shape index (κ2) is 4.04. The molecule has 0 radical (unpaired) electrons. The van der Waals surface area contributed by atoms with Gasteiger partial charge in [0, 0.05) is 12.3 Å². The molecule has 84 valence electrons. The van der Waals surface area contributed by atoms with Crippen LogP contribution in [0.5, 0.6) is 0 Å². The molecule has 2 aliphatic carbocycles. The molecule has 1 aromatic carbocycles. The molecule has 1 fully saturated rings. The molecule has 2 atom stereocenters. The standard InChI is InChI=1S/C15H18O/c16-15-8-4-2-6-12(15)10-13-9-11-5-1-3-7-14(11)13/h1,3,5,7,12-13H,2,4,6,8-10H2. The van der Waals surface area contributed by atoms with Crippen molar-refractivity contribution in [2.75, 3.05) is 0 Å². The van der Waals surface area contributed by atoms with Crippen LogP contribution in [-0.2, 0) is 11.2 Å². The maximum Gasteiger partial charge on any atom is 0.135 e. The molecule has 0 N–H and O–H groups in total. The number of hydrogen-bond acceptors (Lipinski definition) is 1. The van der Waals surface area contributed by atoms with Gasteiger partial charge in [0.2, 0.25) is 0 Å². The molecule has 0 spiro atoms. The van der Waals surface area contributed by atoms with Gasteiger partial charge in [-0.1, -0.05) is 30.7 Å². The number of Topliss-reactive ketones (excluding diaryl/α,β-unsaturated/α-hetero) is 1. The van der Waals surface area contributed by atoms with E-state index in [1.807, 2.05) is 0 Å². The van der Waals surface area contributed by atoms with Crippen molar-refractivity contribution < 1.29 is 4.79 Å². The SMILES string of the molecule is O=C1CCCCC1CC1Cc2ccccc21. The van der Waals surface area contributed by atoms with Crippen LogP contribution in [0, 0.1) is 5.92 Å². The molecule has 2 unspecified atom stereocenters. The molecule has 0 heterocycles. The van der Waals surface area contributed by atoms with E-state index in [0.29, 0.717) is 17.6 Å². The smallest absolute Gasteiger partial charge is 0.135 e. The van der Waals surface area contributed by atoms with Crippen molar-refractivity contribution in [2.45, 2.75) is 44.4 Å². The van der Waals surface area contributed by atoms with E-state index >= 15 is 0 Å². The van der Waals surface area contributed by atoms with Crippen LogP contribution in [0.4, 0.5) is 0 Å². The average molecular weight is 214 g/mol. The van der Waals surface area contributed by atoms with Gasteiger partial charge in [-0.25, -0.2) is 0 Å². The van der Waals surface area contributed by atoms with E-state index in [1.165, 1.54) is 24.0 Å². The molecular formula is C15H18O. The minimum atomic E-state index is 0.368. The number of fused-ring (bicyclic) bond motifs is 1. The van der Waals surface area contributed by atoms with E-state index in [1.54, 1.807) is 0 Å². The Morgan fingerprint density at radius 1 is 1.12 bits per heavy atom. The van der Waals surface area contributed by atoms with Crippen LogP contribution in [0.15, 0.2) is 24.3 Å². The first kappa shape index (κ1) is 10.1. The predicted octanol–water partition coefficient (Wildman–Crippen LogP) is 3.48. The Labute approximate surface area is 96.9 Å². The lowest BCUT2D eigenvalue weighted by Crippen LogP contribution is -2.26. The zero-order valence-corrected chi connectivity index (χ0v) is 9.61. The van der Waals surface area contributed by atoms with Gasteiger partial charge in [-0.3, -0.25) is 4.79 Å². The van der Waals surface area contributed by atoms with Gasteiger partial charge in [0.1, 0.15) is 5.78 Å². The summed E-state index contributed by atoms with van der Waals surface area (Å²) >= 11 is 0. The van der Waals surface area contributed by atoms with Crippen LogP contribution in [0.3, 0.4) is 0 Å². The summed E-state index contributed by atoms with van der Waals surface area (Å²) in [6, 6.07) is 8.68. The predicted molar refractivity (Wildman–Crippen MR) is 64.5 cm³/mol. The van der Waals surface area contributed by atoms with Crippen molar-refractivity contribution in [1.29, 1.82) is 0 Å². The number of benzene rings is 1. The van der Waals surface area contributed by atoms with Gasteiger partial charge < -0.3 is 0 Å². The topological polar surface area (TPSA) is 17.1 Å². The molecule has 3 rings (SSSR count). The van der Waals surface area contributed by atoms with E-state index in [9.17, 15) is 4.79 Å². The molecule has 1 nitrogen and oxygen atoms in total. The third kappa shape index (κ3) is 1.68. The molecule has 0 amide bonds. The molecular weight excluding hydrogens is 196 g/mol. The zero-order chi connectivity index (χ0) is 11.0. The molecule has 1 saturated carbocycles. The Morgan fingerprint density at radius 3 is 2.81 bits per heavy atom. The van der Waals surface area contributed by atoms with E-state index in [0.717, 1.165) is 25.7 Å². The first-order valence-electron chi connectivity index (χ1n) is 6.45. The number of carbonyl (C=O) groups excluding carboxylic acids is 1. The van der Waals surface area contributed by atoms with E-state index < -0.39 is 0 Å². The molecule has 0 aliphatic heterocycles. The van der Waals surface area contributed by atoms with Gasteiger partial charge in [-0.15, -0.1) is 0 Å². The highest BCUT2D eigenvalue weighted by Gasteiger charge is 2.31. The maximum absolute atomic E-state index is 11.8. The van der Waals surface area contributed by atoms with Gasteiger partial charge >= 0.3 is 0 Å². The Kier molecular flexibility index (Phi) is 2.55. The first-order valence-corrected chi connectivity index (χ1v) is 6.45. The van der Waals surface area contributed by atoms with Crippen molar-refractivity contribution >= 4 is 5.78 Å². The molecule has 1 aromatic rings. The molecule has 0 saturated heterocycles. The summed E-state index contributed by atoms with van der Waals surface area (Å²) in [5.41, 5.74) is 3.00. The summed E-state index contributed by atoms with van der Waals surface area (Å²) in [4.78, 5) is 11.8. The van der Waals surface area contributed by atoms with Crippen LogP contribution in [0.2, 0.25) is 0 Å². The number of hydrogen-bond donors (Lipinski definition) is 0. The largest absolute Gasteiger partial charge is 0.299 e. The van der Waals surface area contributed by atoms with Gasteiger partial charge in [0.05, 0.1) is 0 Å². The Hall–Kier alpha value is -1.11. The molecule has 0 aromatic heterocycles. The van der Waals surface area contributed by atoms with Crippen LogP contribution in [-0.4, -0.2) is 5.78 Å². The fourth-order valence-corrected chi connectivity index (χ4v) is 3.22. The van der Waals surface area contributed by atoms with Crippen molar-refractivity contribution in [3.63, 3.8) is 0 Å². The quantitative estimate of drug-likeness (QED) is 0.736. The summed E-state index contributed by atoms with van der Waals surface area (Å²) in [6.07, 6.45) is 6.65. The van der Waals surface area contributed by atoms with Crippen LogP contribution in [0.1, 0.15) is 49.1 Å². The second-order valence-electron chi connectivity index (χ2n) is 5.24. The van der Waals surface area contributed by atoms with Gasteiger partial charge in [-0.05, 0) is 42.7 Å². The van der Waals surface area contributed by atoms with Gasteiger partial charge in [-0.2, -0.15) is 0 Å². The lowest BCUT2D eigenvalue weighted by molar-refractivity contribution is -0.124. The lowest BCUT2D eigenvalue weighted by atomic mass is 9.70. The highest BCUT2D eigenvalue weighted by Crippen LogP contribution is 2.41. The van der Waals surface area contributed by atoms with Crippen molar-refractivity contribution in [2.24, 2.45) is 5.92 Å². The maximum atomic E-state index is 11.8. The van der Waals surface area contributed by atoms with E-state index in [2.05, 4.69) is 24.3 Å². The summed E-state index contributed by atoms with van der Waals surface area (Å²) < 4.78 is 0. The number of carbonyl (C=O) groups is 1. The van der Waals surface area contributed by atoms with Crippen molar-refractivity contribution in [3.8, 4) is 0 Å². The molecule has 16 heavy (non-hydrogen) atoms. The van der Waals surface area contributed by atoms with E-state index in [4.69, 9.17) is 0 Å². The minimum Gasteiger partial charge on any atom is -0.299 e. The van der Waals surface area contributed by atoms with Crippen molar-refractivity contribution in [3.05, 3.63) is 35.4 Å². The Balaban J connectivity index is 1.67. The third-order valence-electron chi connectivity index (χ3n) is 4.21. The summed E-state index contributed by atoms with van der Waals surface area (Å²) in [5, 5.41) is 0. The Bertz CT molecular complexity index is 408. The third-order valence-corrected chi connectivity index (χ3v) is 4.21. The monoisotopic (exact) mass is 214 g/mol. The fraction of sp³-hybridized carbons (Fsp3) is 0.533. The second-order valence-corrected chi connectivity index (χ2v) is 5.24. The highest BCUT2D eigenvalue weighted by atomic mass is 16.1. The normalized spacial score (nSPS) is 28.4. The highest BCUT2D eigenvalue weighted by molar-refractivity contribution is 5.81. The van der Waals surface area contributed by atoms with Gasteiger partial charge in [0.15, 0.2) is 0 Å². The lowest BCUT2D eigenvalue weighted by Gasteiger charge is -2.33. The zero-order valence-electron chi connectivity index (χ0n) is 9.61. The molecule has 1 heteroatoms. The van der Waals surface area contributed by atoms with Crippen LogP contribution in [0.25, 0.3) is 0 Å². The number of ketones is 1. The summed E-state index contributed by atoms with van der Waals surface area (Å²) in [5.74, 6) is 1.56. The Morgan fingerprint density at radius 2 is 2.00 bits per heavy atom. The summed E-state index contributed by atoms with van der Waals surface area (Å²) in [6.45, 7) is 0. The molecule has 2 aliphatic rings. The minimum absolute atomic E-state index is 0.368. The fourth-order valence-electron chi connectivity index (χ4n) is 3.22. The molecule has 0 bridgehead atoms. The van der Waals surface area contributed by atoms with Crippen LogP contribution < -0.4 is 0 Å². The van der Waals surface area contributed by atoms with Crippen LogP contribution >= 0.6 is 0 Å². The number of rotatable bonds is 2.